The number of nitrogens with one attached hydrogen (secondary N) is 2. The molecule has 1 heterocycles. The highest BCUT2D eigenvalue weighted by Crippen LogP contribution is 2.30. The molecule has 0 saturated heterocycles. The second kappa shape index (κ2) is 6.89. The van der Waals surface area contributed by atoms with Crippen LogP contribution >= 0.6 is 0 Å². The first-order valence-electron chi connectivity index (χ1n) is 7.48. The van der Waals surface area contributed by atoms with Crippen molar-refractivity contribution in [3.8, 4) is 0 Å². The van der Waals surface area contributed by atoms with Crippen LogP contribution in [0.4, 0.5) is 6.01 Å². The molecular formula is C14H26N4O. The second-order valence-electron chi connectivity index (χ2n) is 5.79. The van der Waals surface area contributed by atoms with Gasteiger partial charge in [0.1, 0.15) is 0 Å². The monoisotopic (exact) mass is 266 g/mol. The van der Waals surface area contributed by atoms with Gasteiger partial charge in [0.2, 0.25) is 5.89 Å². The fourth-order valence-corrected chi connectivity index (χ4v) is 2.61. The Kier molecular flexibility index (Phi) is 5.19. The van der Waals surface area contributed by atoms with E-state index in [1.54, 1.807) is 0 Å². The number of nitrogens with zero attached hydrogens (tertiary/aromatic N) is 2. The van der Waals surface area contributed by atoms with Crippen LogP contribution in [0.5, 0.6) is 0 Å². The van der Waals surface area contributed by atoms with E-state index in [0.717, 1.165) is 24.8 Å². The minimum atomic E-state index is 0.475. The van der Waals surface area contributed by atoms with Gasteiger partial charge in [-0.2, -0.15) is 0 Å². The molecule has 1 aromatic rings. The molecule has 0 bridgehead atoms. The average molecular weight is 266 g/mol. The first-order valence-corrected chi connectivity index (χ1v) is 7.48. The van der Waals surface area contributed by atoms with E-state index in [1.807, 2.05) is 0 Å². The van der Waals surface area contributed by atoms with Crippen molar-refractivity contribution < 1.29 is 4.42 Å². The molecule has 5 nitrogen and oxygen atoms in total. The van der Waals surface area contributed by atoms with E-state index >= 15 is 0 Å². The molecule has 0 spiro atoms. The quantitative estimate of drug-likeness (QED) is 0.775. The predicted molar refractivity (Wildman–Crippen MR) is 75.9 cm³/mol. The Bertz CT molecular complexity index is 379. The number of anilines is 1. The van der Waals surface area contributed by atoms with Gasteiger partial charge in [-0.25, -0.2) is 0 Å². The minimum Gasteiger partial charge on any atom is -0.407 e. The normalized spacial score (nSPS) is 27.4. The van der Waals surface area contributed by atoms with Gasteiger partial charge >= 0.3 is 6.01 Å². The molecule has 1 fully saturated rings. The molecular weight excluding hydrogens is 240 g/mol. The van der Waals surface area contributed by atoms with E-state index in [-0.39, 0.29) is 0 Å². The SMILES string of the molecule is CCCNCc1nnc(NC2CCC(C)C(C)C2)o1. The maximum absolute atomic E-state index is 5.60. The zero-order valence-corrected chi connectivity index (χ0v) is 12.3. The molecule has 0 radical (unpaired) electrons. The van der Waals surface area contributed by atoms with Gasteiger partial charge in [0.15, 0.2) is 0 Å². The lowest BCUT2D eigenvalue weighted by molar-refractivity contribution is 0.258. The van der Waals surface area contributed by atoms with E-state index in [1.165, 1.54) is 19.3 Å². The molecule has 1 aromatic heterocycles. The van der Waals surface area contributed by atoms with Crippen LogP contribution in [0.1, 0.15) is 52.3 Å². The molecule has 1 aliphatic rings. The molecule has 0 amide bonds. The molecule has 1 saturated carbocycles. The van der Waals surface area contributed by atoms with Gasteiger partial charge in [-0.3, -0.25) is 0 Å². The second-order valence-corrected chi connectivity index (χ2v) is 5.79. The summed E-state index contributed by atoms with van der Waals surface area (Å²) in [5, 5.41) is 14.7. The van der Waals surface area contributed by atoms with Crippen molar-refractivity contribution in [2.45, 2.75) is 59.0 Å². The molecule has 108 valence electrons. The molecule has 0 aromatic carbocycles. The minimum absolute atomic E-state index is 0.475. The third-order valence-electron chi connectivity index (χ3n) is 4.10. The van der Waals surface area contributed by atoms with Gasteiger partial charge in [0.25, 0.3) is 0 Å². The standard InChI is InChI=1S/C14H26N4O/c1-4-7-15-9-13-17-18-14(19-13)16-12-6-5-10(2)11(3)8-12/h10-12,15H,4-9H2,1-3H3,(H,16,18). The molecule has 5 heteroatoms. The first-order chi connectivity index (χ1) is 9.19. The maximum Gasteiger partial charge on any atom is 0.315 e. The molecule has 3 atom stereocenters. The van der Waals surface area contributed by atoms with Crippen LogP contribution in [0.15, 0.2) is 4.42 Å². The van der Waals surface area contributed by atoms with Crippen molar-refractivity contribution in [2.24, 2.45) is 11.8 Å². The van der Waals surface area contributed by atoms with Crippen molar-refractivity contribution in [3.63, 3.8) is 0 Å². The summed E-state index contributed by atoms with van der Waals surface area (Å²) < 4.78 is 5.60. The van der Waals surface area contributed by atoms with E-state index in [0.29, 0.717) is 24.5 Å². The lowest BCUT2D eigenvalue weighted by atomic mass is 9.79. The summed E-state index contributed by atoms with van der Waals surface area (Å²) in [6, 6.07) is 1.04. The summed E-state index contributed by atoms with van der Waals surface area (Å²) in [7, 11) is 0. The number of hydrogen-bond acceptors (Lipinski definition) is 5. The summed E-state index contributed by atoms with van der Waals surface area (Å²) in [5.41, 5.74) is 0. The summed E-state index contributed by atoms with van der Waals surface area (Å²) in [4.78, 5) is 0. The Labute approximate surface area is 115 Å². The molecule has 19 heavy (non-hydrogen) atoms. The third-order valence-corrected chi connectivity index (χ3v) is 4.10. The zero-order chi connectivity index (χ0) is 13.7. The van der Waals surface area contributed by atoms with Gasteiger partial charge in [-0.15, -0.1) is 5.10 Å². The van der Waals surface area contributed by atoms with Gasteiger partial charge in [0, 0.05) is 6.04 Å². The number of aromatic nitrogens is 2. The summed E-state index contributed by atoms with van der Waals surface area (Å²) in [5.74, 6) is 2.25. The number of hydrogen-bond donors (Lipinski definition) is 2. The Morgan fingerprint density at radius 1 is 1.21 bits per heavy atom. The molecule has 2 rings (SSSR count). The lowest BCUT2D eigenvalue weighted by Crippen LogP contribution is -2.30. The Morgan fingerprint density at radius 2 is 2.05 bits per heavy atom. The van der Waals surface area contributed by atoms with E-state index < -0.39 is 0 Å². The topological polar surface area (TPSA) is 63.0 Å². The predicted octanol–water partition coefficient (Wildman–Crippen LogP) is 2.81. The molecule has 3 unspecified atom stereocenters. The smallest absolute Gasteiger partial charge is 0.315 e. The van der Waals surface area contributed by atoms with Crippen molar-refractivity contribution in [1.82, 2.24) is 15.5 Å². The fraction of sp³-hybridized carbons (Fsp3) is 0.857. The highest BCUT2D eigenvalue weighted by Gasteiger charge is 2.25. The highest BCUT2D eigenvalue weighted by atomic mass is 16.4. The summed E-state index contributed by atoms with van der Waals surface area (Å²) >= 11 is 0. The number of rotatable bonds is 6. The van der Waals surface area contributed by atoms with Gasteiger partial charge in [0.05, 0.1) is 6.54 Å². The van der Waals surface area contributed by atoms with Crippen LogP contribution in [0.2, 0.25) is 0 Å². The average Bonchev–Trinajstić information content (AvgIpc) is 2.82. The summed E-state index contributed by atoms with van der Waals surface area (Å²) in [6.07, 6.45) is 4.76. The lowest BCUT2D eigenvalue weighted by Gasteiger charge is -2.31. The van der Waals surface area contributed by atoms with Gasteiger partial charge < -0.3 is 15.1 Å². The maximum atomic E-state index is 5.60. The van der Waals surface area contributed by atoms with Crippen molar-refractivity contribution in [1.29, 1.82) is 0 Å². The Balaban J connectivity index is 1.79. The van der Waals surface area contributed by atoms with Crippen LogP contribution in [0, 0.1) is 11.8 Å². The summed E-state index contributed by atoms with van der Waals surface area (Å²) in [6.45, 7) is 8.43. The fourth-order valence-electron chi connectivity index (χ4n) is 2.61. The van der Waals surface area contributed by atoms with E-state index in [2.05, 4.69) is 41.6 Å². The highest BCUT2D eigenvalue weighted by molar-refractivity contribution is 5.19. The van der Waals surface area contributed by atoms with Crippen molar-refractivity contribution in [2.75, 3.05) is 11.9 Å². The molecule has 1 aliphatic carbocycles. The van der Waals surface area contributed by atoms with Crippen LogP contribution in [-0.2, 0) is 6.54 Å². The van der Waals surface area contributed by atoms with Crippen LogP contribution in [0.25, 0.3) is 0 Å². The molecule has 0 aliphatic heterocycles. The van der Waals surface area contributed by atoms with E-state index in [4.69, 9.17) is 4.42 Å². The molecule has 2 N–H and O–H groups in total. The van der Waals surface area contributed by atoms with Crippen LogP contribution in [0.3, 0.4) is 0 Å². The third kappa shape index (κ3) is 4.20. The van der Waals surface area contributed by atoms with Gasteiger partial charge in [-0.05, 0) is 44.1 Å². The Hall–Kier alpha value is -1.10. The van der Waals surface area contributed by atoms with E-state index in [9.17, 15) is 0 Å². The van der Waals surface area contributed by atoms with Crippen molar-refractivity contribution in [3.05, 3.63) is 5.89 Å². The zero-order valence-electron chi connectivity index (χ0n) is 12.3. The Morgan fingerprint density at radius 3 is 2.79 bits per heavy atom. The van der Waals surface area contributed by atoms with Crippen molar-refractivity contribution >= 4 is 6.01 Å². The van der Waals surface area contributed by atoms with Gasteiger partial charge in [-0.1, -0.05) is 25.9 Å². The van der Waals surface area contributed by atoms with Crippen LogP contribution in [-0.4, -0.2) is 22.8 Å². The largest absolute Gasteiger partial charge is 0.407 e. The van der Waals surface area contributed by atoms with Crippen LogP contribution < -0.4 is 10.6 Å². The first kappa shape index (κ1) is 14.3.